The molecule has 4 heterocycles. The van der Waals surface area contributed by atoms with Crippen LogP contribution in [-0.2, 0) is 9.53 Å². The van der Waals surface area contributed by atoms with Crippen molar-refractivity contribution in [3.63, 3.8) is 0 Å². The van der Waals surface area contributed by atoms with Gasteiger partial charge in [-0.25, -0.2) is 4.98 Å². The number of rotatable bonds is 6. The summed E-state index contributed by atoms with van der Waals surface area (Å²) < 4.78 is 7.35. The lowest BCUT2D eigenvalue weighted by Gasteiger charge is -2.27. The molecule has 1 fully saturated rings. The zero-order valence-electron chi connectivity index (χ0n) is 18.7. The number of aromatic nitrogens is 3. The van der Waals surface area contributed by atoms with E-state index in [1.807, 2.05) is 42.3 Å². The molecular weight excluding hydrogens is 422 g/mol. The van der Waals surface area contributed by atoms with Crippen molar-refractivity contribution in [3.05, 3.63) is 77.0 Å². The van der Waals surface area contributed by atoms with Crippen molar-refractivity contribution in [3.8, 4) is 5.82 Å². The number of esters is 1. The quantitative estimate of drug-likeness (QED) is 0.454. The van der Waals surface area contributed by atoms with Gasteiger partial charge in [0, 0.05) is 23.8 Å². The highest BCUT2D eigenvalue weighted by Crippen LogP contribution is 2.41. The number of ether oxygens (including phenoxy) is 1. The Morgan fingerprint density at radius 1 is 1.19 bits per heavy atom. The fourth-order valence-electron chi connectivity index (χ4n) is 4.29. The van der Waals surface area contributed by atoms with Crippen LogP contribution in [0.1, 0.15) is 47.2 Å². The Balaban J connectivity index is 1.80. The third-order valence-electron chi connectivity index (χ3n) is 5.72. The van der Waals surface area contributed by atoms with E-state index >= 15 is 0 Å². The molecule has 2 atom stereocenters. The molecule has 0 amide bonds. The highest BCUT2D eigenvalue weighted by Gasteiger charge is 2.42. The smallest absolute Gasteiger partial charge is 0.325 e. The molecule has 0 saturated carbocycles. The number of nitrogens with one attached hydrogen (secondary N) is 1. The van der Waals surface area contributed by atoms with Gasteiger partial charge in [-0.05, 0) is 75.3 Å². The molecule has 0 bridgehead atoms. The molecule has 1 saturated heterocycles. The Morgan fingerprint density at radius 2 is 2.00 bits per heavy atom. The van der Waals surface area contributed by atoms with Crippen molar-refractivity contribution >= 4 is 23.3 Å². The second kappa shape index (κ2) is 9.08. The van der Waals surface area contributed by atoms with E-state index in [0.29, 0.717) is 11.7 Å². The fraction of sp³-hybridized carbons (Fsp3) is 0.333. The van der Waals surface area contributed by atoms with Crippen LogP contribution in [0.4, 0.5) is 0 Å². The third-order valence-corrected chi connectivity index (χ3v) is 6.07. The summed E-state index contributed by atoms with van der Waals surface area (Å²) >= 11 is 5.65. The first-order chi connectivity index (χ1) is 15.4. The predicted octanol–water partition coefficient (Wildman–Crippen LogP) is 3.73. The number of carbonyl (C=O) groups excluding carboxylic acids is 1. The van der Waals surface area contributed by atoms with Crippen molar-refractivity contribution in [2.24, 2.45) is 0 Å². The van der Waals surface area contributed by atoms with Gasteiger partial charge in [0.15, 0.2) is 5.11 Å². The van der Waals surface area contributed by atoms with Gasteiger partial charge in [-0.15, -0.1) is 0 Å². The average molecular weight is 450 g/mol. The summed E-state index contributed by atoms with van der Waals surface area (Å²) in [6.45, 7) is 8.35. The van der Waals surface area contributed by atoms with Gasteiger partial charge in [0.05, 0.1) is 24.4 Å². The molecule has 3 aromatic heterocycles. The second-order valence-electron chi connectivity index (χ2n) is 7.92. The highest BCUT2D eigenvalue weighted by atomic mass is 32.1. The van der Waals surface area contributed by atoms with Crippen LogP contribution in [0.5, 0.6) is 0 Å². The van der Waals surface area contributed by atoms with Crippen LogP contribution in [0.2, 0.25) is 0 Å². The third kappa shape index (κ3) is 4.10. The van der Waals surface area contributed by atoms with E-state index in [9.17, 15) is 4.79 Å². The Morgan fingerprint density at radius 3 is 2.66 bits per heavy atom. The Labute approximate surface area is 193 Å². The molecule has 0 unspecified atom stereocenters. The predicted molar refractivity (Wildman–Crippen MR) is 127 cm³/mol. The van der Waals surface area contributed by atoms with Gasteiger partial charge < -0.3 is 19.5 Å². The molecule has 166 valence electrons. The molecule has 3 aromatic rings. The van der Waals surface area contributed by atoms with E-state index in [2.05, 4.69) is 45.8 Å². The molecule has 7 nitrogen and oxygen atoms in total. The van der Waals surface area contributed by atoms with E-state index < -0.39 is 0 Å². The molecule has 1 N–H and O–H groups in total. The lowest BCUT2D eigenvalue weighted by molar-refractivity contribution is -0.143. The van der Waals surface area contributed by atoms with Gasteiger partial charge in [-0.3, -0.25) is 9.78 Å². The first-order valence-electron chi connectivity index (χ1n) is 10.7. The molecule has 1 aliphatic heterocycles. The summed E-state index contributed by atoms with van der Waals surface area (Å²) in [4.78, 5) is 23.5. The molecule has 0 spiro atoms. The van der Waals surface area contributed by atoms with Crippen LogP contribution >= 0.6 is 12.2 Å². The van der Waals surface area contributed by atoms with E-state index in [0.717, 1.165) is 34.0 Å². The SMILES string of the molecule is CCOC(=O)CN1C(=S)N[C@@H](c2ccccn2)[C@H]1c1cc(C)n(-c2ccc(C)cn2)c1C. The Hall–Kier alpha value is -3.26. The second-order valence-corrected chi connectivity index (χ2v) is 8.30. The van der Waals surface area contributed by atoms with Crippen molar-refractivity contribution in [1.29, 1.82) is 0 Å². The minimum Gasteiger partial charge on any atom is -0.465 e. The van der Waals surface area contributed by atoms with Crippen molar-refractivity contribution < 1.29 is 9.53 Å². The summed E-state index contributed by atoms with van der Waals surface area (Å²) in [5.74, 6) is 0.550. The number of hydrogen-bond acceptors (Lipinski definition) is 5. The van der Waals surface area contributed by atoms with E-state index in [1.165, 1.54) is 0 Å². The van der Waals surface area contributed by atoms with Gasteiger partial charge in [0.1, 0.15) is 12.4 Å². The van der Waals surface area contributed by atoms with E-state index in [1.54, 1.807) is 13.1 Å². The maximum atomic E-state index is 12.4. The molecule has 0 radical (unpaired) electrons. The van der Waals surface area contributed by atoms with Crippen molar-refractivity contribution in [2.75, 3.05) is 13.2 Å². The van der Waals surface area contributed by atoms with E-state index in [4.69, 9.17) is 17.0 Å². The fourth-order valence-corrected chi connectivity index (χ4v) is 4.60. The molecule has 32 heavy (non-hydrogen) atoms. The first kappa shape index (κ1) is 22.0. The number of pyridine rings is 2. The van der Waals surface area contributed by atoms with Gasteiger partial charge in [0.2, 0.25) is 0 Å². The summed E-state index contributed by atoms with van der Waals surface area (Å²) in [6.07, 6.45) is 3.63. The Kier molecular flexibility index (Phi) is 6.23. The highest BCUT2D eigenvalue weighted by molar-refractivity contribution is 7.80. The number of hydrogen-bond donors (Lipinski definition) is 1. The van der Waals surface area contributed by atoms with Crippen LogP contribution in [0.15, 0.2) is 48.8 Å². The van der Waals surface area contributed by atoms with Crippen molar-refractivity contribution in [2.45, 2.75) is 39.8 Å². The largest absolute Gasteiger partial charge is 0.465 e. The number of nitrogens with zero attached hydrogens (tertiary/aromatic N) is 4. The monoisotopic (exact) mass is 449 g/mol. The minimum absolute atomic E-state index is 0.0696. The molecule has 0 aromatic carbocycles. The van der Waals surface area contributed by atoms with Crippen LogP contribution in [-0.4, -0.2) is 43.7 Å². The normalized spacial score (nSPS) is 18.0. The van der Waals surface area contributed by atoms with Crippen LogP contribution in [0.3, 0.4) is 0 Å². The zero-order valence-corrected chi connectivity index (χ0v) is 19.5. The first-order valence-corrected chi connectivity index (χ1v) is 11.1. The molecule has 4 rings (SSSR count). The van der Waals surface area contributed by atoms with Crippen molar-refractivity contribution in [1.82, 2.24) is 24.8 Å². The topological polar surface area (TPSA) is 72.3 Å². The standard InChI is InChI=1S/C24H27N5O2S/c1-5-31-21(30)14-28-23(22(27-24(28)32)19-8-6-7-11-25-19)18-12-16(3)29(17(18)4)20-10-9-15(2)13-26-20/h6-13,22-23H,5,14H2,1-4H3,(H,27,32)/t22-,23+/m0/s1. The number of aryl methyl sites for hydroxylation is 2. The maximum absolute atomic E-state index is 12.4. The molecular formula is C24H27N5O2S. The van der Waals surface area contributed by atoms with Gasteiger partial charge >= 0.3 is 5.97 Å². The van der Waals surface area contributed by atoms with Gasteiger partial charge in [-0.1, -0.05) is 12.1 Å². The number of thiocarbonyl (C=S) groups is 1. The Bertz CT molecular complexity index is 1130. The van der Waals surface area contributed by atoms with Crippen LogP contribution in [0, 0.1) is 20.8 Å². The summed E-state index contributed by atoms with van der Waals surface area (Å²) in [6, 6.07) is 11.6. The minimum atomic E-state index is -0.308. The van der Waals surface area contributed by atoms with Gasteiger partial charge in [-0.2, -0.15) is 0 Å². The summed E-state index contributed by atoms with van der Waals surface area (Å²) in [5.41, 5.74) is 5.15. The maximum Gasteiger partial charge on any atom is 0.325 e. The molecule has 8 heteroatoms. The van der Waals surface area contributed by atoms with E-state index in [-0.39, 0.29) is 24.6 Å². The summed E-state index contributed by atoms with van der Waals surface area (Å²) in [7, 11) is 0. The van der Waals surface area contributed by atoms with Crippen LogP contribution < -0.4 is 5.32 Å². The zero-order chi connectivity index (χ0) is 22.8. The van der Waals surface area contributed by atoms with Crippen LogP contribution in [0.25, 0.3) is 5.82 Å². The number of carbonyl (C=O) groups is 1. The van der Waals surface area contributed by atoms with Gasteiger partial charge in [0.25, 0.3) is 0 Å². The summed E-state index contributed by atoms with van der Waals surface area (Å²) in [5, 5.41) is 3.89. The molecule has 1 aliphatic rings. The average Bonchev–Trinajstić information content (AvgIpc) is 3.25. The lowest BCUT2D eigenvalue weighted by Crippen LogP contribution is -2.35. The molecule has 0 aliphatic carbocycles. The lowest BCUT2D eigenvalue weighted by atomic mass is 9.97.